The van der Waals surface area contributed by atoms with Crippen molar-refractivity contribution in [1.29, 1.82) is 0 Å². The Bertz CT molecular complexity index is 1400. The lowest BCUT2D eigenvalue weighted by molar-refractivity contribution is -0.121. The maximum Gasteiger partial charge on any atom is 0.318 e. The fourth-order valence-corrected chi connectivity index (χ4v) is 3.72. The number of nitrogens with zero attached hydrogens (tertiary/aromatic N) is 3. The van der Waals surface area contributed by atoms with Gasteiger partial charge in [0.05, 0.1) is 12.1 Å². The molecule has 0 atom stereocenters. The van der Waals surface area contributed by atoms with Gasteiger partial charge in [-0.1, -0.05) is 61.0 Å². The molecule has 0 bridgehead atoms. The van der Waals surface area contributed by atoms with Crippen LogP contribution in [0.3, 0.4) is 0 Å². The number of benzene rings is 2. The smallest absolute Gasteiger partial charge is 0.318 e. The molecule has 0 spiro atoms. The number of rotatable bonds is 7. The molecule has 0 aliphatic carbocycles. The standard InChI is InChI=1S/C26H26N4O3/c1-3-19-10-12-20(13-11-19)15-28-23(31)17-29-22-5-4-14-27-24(22)30(26(33)25(29)32)16-21-8-6-18(2)7-9-21/h4-14H,3,15-17H2,1-2H3,(H,28,31). The predicted octanol–water partition coefficient (Wildman–Crippen LogP) is 2.79. The van der Waals surface area contributed by atoms with E-state index in [2.05, 4.69) is 17.2 Å². The average molecular weight is 443 g/mol. The van der Waals surface area contributed by atoms with E-state index in [0.29, 0.717) is 17.7 Å². The first-order chi connectivity index (χ1) is 16.0. The molecule has 2 heterocycles. The maximum absolute atomic E-state index is 13.0. The second-order valence-corrected chi connectivity index (χ2v) is 8.06. The summed E-state index contributed by atoms with van der Waals surface area (Å²) in [5.74, 6) is -0.350. The summed E-state index contributed by atoms with van der Waals surface area (Å²) < 4.78 is 2.57. The number of hydrogen-bond acceptors (Lipinski definition) is 4. The summed E-state index contributed by atoms with van der Waals surface area (Å²) >= 11 is 0. The quantitative estimate of drug-likeness (QED) is 0.446. The first-order valence-electron chi connectivity index (χ1n) is 10.9. The van der Waals surface area contributed by atoms with Crippen LogP contribution in [-0.2, 0) is 30.8 Å². The molecule has 33 heavy (non-hydrogen) atoms. The van der Waals surface area contributed by atoms with Gasteiger partial charge in [-0.2, -0.15) is 0 Å². The Labute approximate surface area is 191 Å². The van der Waals surface area contributed by atoms with Crippen LogP contribution in [0.4, 0.5) is 0 Å². The van der Waals surface area contributed by atoms with Crippen molar-refractivity contribution >= 4 is 17.1 Å². The lowest BCUT2D eigenvalue weighted by atomic mass is 10.1. The first kappa shape index (κ1) is 22.2. The molecule has 0 fully saturated rings. The van der Waals surface area contributed by atoms with Crippen LogP contribution in [0.15, 0.2) is 76.4 Å². The molecule has 2 aromatic heterocycles. The number of aromatic nitrogens is 3. The highest BCUT2D eigenvalue weighted by molar-refractivity contribution is 5.78. The SMILES string of the molecule is CCc1ccc(CNC(=O)Cn2c(=O)c(=O)n(Cc3ccc(C)cc3)c3ncccc32)cc1. The van der Waals surface area contributed by atoms with Crippen molar-refractivity contribution in [2.45, 2.75) is 39.9 Å². The number of carbonyl (C=O) groups is 1. The summed E-state index contributed by atoms with van der Waals surface area (Å²) in [7, 11) is 0. The third kappa shape index (κ3) is 4.92. The minimum absolute atomic E-state index is 0.225. The largest absolute Gasteiger partial charge is 0.350 e. The summed E-state index contributed by atoms with van der Waals surface area (Å²) in [6.45, 7) is 4.39. The Balaban J connectivity index is 1.60. The normalized spacial score (nSPS) is 11.0. The van der Waals surface area contributed by atoms with Gasteiger partial charge < -0.3 is 5.32 Å². The van der Waals surface area contributed by atoms with Gasteiger partial charge in [0, 0.05) is 12.7 Å². The van der Waals surface area contributed by atoms with Crippen molar-refractivity contribution in [3.63, 3.8) is 0 Å². The van der Waals surface area contributed by atoms with Crippen LogP contribution in [0.5, 0.6) is 0 Å². The fraction of sp³-hybridized carbons (Fsp3) is 0.231. The number of nitrogens with one attached hydrogen (secondary N) is 1. The van der Waals surface area contributed by atoms with Gasteiger partial charge >= 0.3 is 11.1 Å². The van der Waals surface area contributed by atoms with Crippen LogP contribution in [0, 0.1) is 6.92 Å². The zero-order valence-electron chi connectivity index (χ0n) is 18.7. The molecule has 1 amide bonds. The molecule has 0 radical (unpaired) electrons. The predicted molar refractivity (Wildman–Crippen MR) is 128 cm³/mol. The summed E-state index contributed by atoms with van der Waals surface area (Å²) in [4.78, 5) is 42.9. The van der Waals surface area contributed by atoms with Gasteiger partial charge in [-0.25, -0.2) is 4.98 Å². The Kier molecular flexibility index (Phi) is 6.49. The maximum atomic E-state index is 13.0. The molecular weight excluding hydrogens is 416 g/mol. The number of amides is 1. The van der Waals surface area contributed by atoms with E-state index in [9.17, 15) is 14.4 Å². The Morgan fingerprint density at radius 3 is 2.21 bits per heavy atom. The van der Waals surface area contributed by atoms with E-state index >= 15 is 0 Å². The van der Waals surface area contributed by atoms with Gasteiger partial charge in [-0.15, -0.1) is 0 Å². The number of hydrogen-bond donors (Lipinski definition) is 1. The van der Waals surface area contributed by atoms with Gasteiger partial charge in [0.15, 0.2) is 5.65 Å². The third-order valence-corrected chi connectivity index (χ3v) is 5.67. The molecule has 0 aliphatic heterocycles. The van der Waals surface area contributed by atoms with Crippen LogP contribution in [0.25, 0.3) is 11.2 Å². The van der Waals surface area contributed by atoms with Crippen molar-refractivity contribution in [3.8, 4) is 0 Å². The van der Waals surface area contributed by atoms with Gasteiger partial charge in [-0.05, 0) is 42.2 Å². The van der Waals surface area contributed by atoms with Crippen molar-refractivity contribution in [2.75, 3.05) is 0 Å². The Morgan fingerprint density at radius 1 is 0.879 bits per heavy atom. The molecule has 0 saturated heterocycles. The molecular formula is C26H26N4O3. The third-order valence-electron chi connectivity index (χ3n) is 5.67. The van der Waals surface area contributed by atoms with E-state index in [4.69, 9.17) is 0 Å². The van der Waals surface area contributed by atoms with Crippen molar-refractivity contribution in [1.82, 2.24) is 19.4 Å². The minimum atomic E-state index is -0.745. The molecule has 7 heteroatoms. The number of carbonyl (C=O) groups excluding carboxylic acids is 1. The topological polar surface area (TPSA) is 86.0 Å². The lowest BCUT2D eigenvalue weighted by Gasteiger charge is -2.14. The molecule has 2 aromatic carbocycles. The van der Waals surface area contributed by atoms with E-state index < -0.39 is 11.1 Å². The van der Waals surface area contributed by atoms with E-state index in [1.54, 1.807) is 18.3 Å². The van der Waals surface area contributed by atoms with Gasteiger partial charge in [0.25, 0.3) is 0 Å². The summed E-state index contributed by atoms with van der Waals surface area (Å²) in [5.41, 5.74) is 3.54. The fourth-order valence-electron chi connectivity index (χ4n) is 3.72. The molecule has 168 valence electrons. The zero-order chi connectivity index (χ0) is 23.4. The molecule has 4 aromatic rings. The van der Waals surface area contributed by atoms with Crippen LogP contribution < -0.4 is 16.4 Å². The second-order valence-electron chi connectivity index (χ2n) is 8.06. The van der Waals surface area contributed by atoms with Gasteiger partial charge in [0.1, 0.15) is 6.54 Å². The lowest BCUT2D eigenvalue weighted by Crippen LogP contribution is -2.44. The highest BCUT2D eigenvalue weighted by Gasteiger charge is 2.16. The van der Waals surface area contributed by atoms with Crippen molar-refractivity contribution < 1.29 is 4.79 Å². The Hall–Kier alpha value is -4.00. The monoisotopic (exact) mass is 442 g/mol. The van der Waals surface area contributed by atoms with Crippen LogP contribution in [0.1, 0.15) is 29.2 Å². The molecule has 0 unspecified atom stereocenters. The van der Waals surface area contributed by atoms with Gasteiger partial charge in [-0.3, -0.25) is 23.5 Å². The molecule has 1 N–H and O–H groups in total. The van der Waals surface area contributed by atoms with Crippen LogP contribution >= 0.6 is 0 Å². The van der Waals surface area contributed by atoms with Crippen molar-refractivity contribution in [2.24, 2.45) is 0 Å². The molecule has 7 nitrogen and oxygen atoms in total. The molecule has 0 saturated carbocycles. The number of pyridine rings is 1. The molecule has 4 rings (SSSR count). The zero-order valence-corrected chi connectivity index (χ0v) is 18.7. The van der Waals surface area contributed by atoms with E-state index in [1.807, 2.05) is 55.5 Å². The average Bonchev–Trinajstić information content (AvgIpc) is 2.84. The van der Waals surface area contributed by atoms with E-state index in [-0.39, 0.29) is 19.0 Å². The summed E-state index contributed by atoms with van der Waals surface area (Å²) in [5, 5.41) is 2.83. The first-order valence-corrected chi connectivity index (χ1v) is 10.9. The van der Waals surface area contributed by atoms with Gasteiger partial charge in [0.2, 0.25) is 5.91 Å². The van der Waals surface area contributed by atoms with E-state index in [0.717, 1.165) is 23.1 Å². The van der Waals surface area contributed by atoms with Crippen LogP contribution in [-0.4, -0.2) is 20.0 Å². The highest BCUT2D eigenvalue weighted by atomic mass is 16.2. The Morgan fingerprint density at radius 2 is 1.52 bits per heavy atom. The summed E-state index contributed by atoms with van der Waals surface area (Å²) in [6, 6.07) is 19.1. The van der Waals surface area contributed by atoms with Crippen molar-refractivity contribution in [3.05, 3.63) is 110 Å². The van der Waals surface area contributed by atoms with E-state index in [1.165, 1.54) is 14.7 Å². The summed E-state index contributed by atoms with van der Waals surface area (Å²) in [6.07, 6.45) is 2.52. The number of fused-ring (bicyclic) bond motifs is 1. The molecule has 0 aliphatic rings. The van der Waals surface area contributed by atoms with Crippen LogP contribution in [0.2, 0.25) is 0 Å². The highest BCUT2D eigenvalue weighted by Crippen LogP contribution is 2.11. The second kappa shape index (κ2) is 9.65. The minimum Gasteiger partial charge on any atom is -0.350 e. The number of aryl methyl sites for hydroxylation is 2.